The second-order valence-corrected chi connectivity index (χ2v) is 6.24. The van der Waals surface area contributed by atoms with Crippen LogP contribution < -0.4 is 5.73 Å². The van der Waals surface area contributed by atoms with Crippen LogP contribution in [0.3, 0.4) is 0 Å². The van der Waals surface area contributed by atoms with Crippen LogP contribution in [0.15, 0.2) is 0 Å². The van der Waals surface area contributed by atoms with Crippen molar-refractivity contribution in [2.75, 3.05) is 26.2 Å². The van der Waals surface area contributed by atoms with E-state index in [9.17, 15) is 9.59 Å². The third-order valence-corrected chi connectivity index (χ3v) is 4.94. The molecular formula is C14H23N3O2. The monoisotopic (exact) mass is 265 g/mol. The minimum atomic E-state index is -0.373. The molecule has 0 aromatic rings. The number of carbonyl (C=O) groups excluding carboxylic acids is 2. The van der Waals surface area contributed by atoms with Gasteiger partial charge in [0.2, 0.25) is 11.8 Å². The highest BCUT2D eigenvalue weighted by Gasteiger charge is 2.45. The fraction of sp³-hybridized carbons (Fsp3) is 0.857. The Morgan fingerprint density at radius 2 is 1.95 bits per heavy atom. The molecule has 1 aliphatic heterocycles. The van der Waals surface area contributed by atoms with Crippen LogP contribution in [-0.4, -0.2) is 53.8 Å². The van der Waals surface area contributed by atoms with E-state index in [1.165, 1.54) is 0 Å². The van der Waals surface area contributed by atoms with Crippen LogP contribution in [0.25, 0.3) is 0 Å². The third-order valence-electron chi connectivity index (χ3n) is 4.94. The van der Waals surface area contributed by atoms with Crippen LogP contribution in [0.5, 0.6) is 0 Å². The summed E-state index contributed by atoms with van der Waals surface area (Å²) in [6.45, 7) is 2.07. The molecular weight excluding hydrogens is 242 g/mol. The topological polar surface area (TPSA) is 66.6 Å². The molecule has 2 N–H and O–H groups in total. The Morgan fingerprint density at radius 3 is 2.47 bits per heavy atom. The zero-order valence-corrected chi connectivity index (χ0v) is 11.4. The Hall–Kier alpha value is -1.10. The summed E-state index contributed by atoms with van der Waals surface area (Å²) in [5.41, 5.74) is 5.48. The molecule has 3 rings (SSSR count). The average molecular weight is 265 g/mol. The standard InChI is InChI=1S/C14H23N3O2/c15-10-14(5-1-2-6-14)13(19)16-7-8-17(11-3-4-11)12(18)9-16/h11H,1-10,15H2. The van der Waals surface area contributed by atoms with Gasteiger partial charge < -0.3 is 15.5 Å². The summed E-state index contributed by atoms with van der Waals surface area (Å²) < 4.78 is 0. The highest BCUT2D eigenvalue weighted by molar-refractivity contribution is 5.89. The molecule has 2 saturated carbocycles. The molecule has 0 unspecified atom stereocenters. The van der Waals surface area contributed by atoms with E-state index in [0.29, 0.717) is 25.7 Å². The molecule has 0 radical (unpaired) electrons. The van der Waals surface area contributed by atoms with Crippen LogP contribution in [0, 0.1) is 5.41 Å². The molecule has 0 bridgehead atoms. The molecule has 0 aromatic heterocycles. The molecule has 1 heterocycles. The predicted molar refractivity (Wildman–Crippen MR) is 71.3 cm³/mol. The Morgan fingerprint density at radius 1 is 1.26 bits per heavy atom. The van der Waals surface area contributed by atoms with Gasteiger partial charge in [0.25, 0.3) is 0 Å². The fourth-order valence-electron chi connectivity index (χ4n) is 3.52. The maximum atomic E-state index is 12.7. The zero-order valence-electron chi connectivity index (χ0n) is 11.4. The summed E-state index contributed by atoms with van der Waals surface area (Å²) in [6.07, 6.45) is 6.20. The highest BCUT2D eigenvalue weighted by Crippen LogP contribution is 2.39. The Kier molecular flexibility index (Phi) is 3.25. The van der Waals surface area contributed by atoms with E-state index in [-0.39, 0.29) is 23.8 Å². The Labute approximate surface area is 114 Å². The number of amides is 2. The van der Waals surface area contributed by atoms with E-state index in [1.807, 2.05) is 4.90 Å². The fourth-order valence-corrected chi connectivity index (χ4v) is 3.52. The van der Waals surface area contributed by atoms with Crippen molar-refractivity contribution in [2.45, 2.75) is 44.6 Å². The number of nitrogens with zero attached hydrogens (tertiary/aromatic N) is 2. The van der Waals surface area contributed by atoms with Gasteiger partial charge in [-0.25, -0.2) is 0 Å². The SMILES string of the molecule is NCC1(C(=O)N2CCN(C3CC3)C(=O)C2)CCCC1. The van der Waals surface area contributed by atoms with Gasteiger partial charge in [-0.2, -0.15) is 0 Å². The van der Waals surface area contributed by atoms with Gasteiger partial charge in [0.15, 0.2) is 0 Å². The lowest BCUT2D eigenvalue weighted by Crippen LogP contribution is -2.57. The number of carbonyl (C=O) groups is 2. The van der Waals surface area contributed by atoms with E-state index in [4.69, 9.17) is 5.73 Å². The first-order chi connectivity index (χ1) is 9.16. The third kappa shape index (κ3) is 2.24. The summed E-state index contributed by atoms with van der Waals surface area (Å²) in [4.78, 5) is 28.5. The predicted octanol–water partition coefficient (Wildman–Crippen LogP) is 0.339. The maximum Gasteiger partial charge on any atom is 0.242 e. The second-order valence-electron chi connectivity index (χ2n) is 6.24. The van der Waals surface area contributed by atoms with Crippen molar-refractivity contribution >= 4 is 11.8 Å². The van der Waals surface area contributed by atoms with Gasteiger partial charge in [0.05, 0.1) is 12.0 Å². The highest BCUT2D eigenvalue weighted by atomic mass is 16.2. The van der Waals surface area contributed by atoms with E-state index in [1.54, 1.807) is 4.90 Å². The van der Waals surface area contributed by atoms with Crippen molar-refractivity contribution in [2.24, 2.45) is 11.1 Å². The summed E-state index contributed by atoms with van der Waals surface area (Å²) in [6, 6.07) is 0.458. The van der Waals surface area contributed by atoms with E-state index in [2.05, 4.69) is 0 Å². The summed E-state index contributed by atoms with van der Waals surface area (Å²) >= 11 is 0. The lowest BCUT2D eigenvalue weighted by atomic mass is 9.84. The number of rotatable bonds is 3. The lowest BCUT2D eigenvalue weighted by molar-refractivity contribution is -0.151. The van der Waals surface area contributed by atoms with Gasteiger partial charge in [-0.3, -0.25) is 9.59 Å². The Balaban J connectivity index is 1.66. The van der Waals surface area contributed by atoms with Gasteiger partial charge in [-0.05, 0) is 25.7 Å². The first-order valence-electron chi connectivity index (χ1n) is 7.45. The lowest BCUT2D eigenvalue weighted by Gasteiger charge is -2.39. The van der Waals surface area contributed by atoms with Gasteiger partial charge in [-0.1, -0.05) is 12.8 Å². The van der Waals surface area contributed by atoms with Crippen molar-refractivity contribution in [3.63, 3.8) is 0 Å². The number of hydrogen-bond acceptors (Lipinski definition) is 3. The summed E-state index contributed by atoms with van der Waals surface area (Å²) in [7, 11) is 0. The van der Waals surface area contributed by atoms with Crippen molar-refractivity contribution < 1.29 is 9.59 Å². The zero-order chi connectivity index (χ0) is 13.5. The normalized spacial score (nSPS) is 26.9. The van der Waals surface area contributed by atoms with Crippen molar-refractivity contribution in [1.82, 2.24) is 9.80 Å². The average Bonchev–Trinajstić information content (AvgIpc) is 3.15. The molecule has 3 fully saturated rings. The first kappa shape index (κ1) is 12.9. The molecule has 2 aliphatic carbocycles. The van der Waals surface area contributed by atoms with Gasteiger partial charge >= 0.3 is 0 Å². The largest absolute Gasteiger partial charge is 0.336 e. The maximum absolute atomic E-state index is 12.7. The minimum absolute atomic E-state index is 0.118. The molecule has 0 aromatic carbocycles. The molecule has 5 nitrogen and oxygen atoms in total. The van der Waals surface area contributed by atoms with Gasteiger partial charge in [-0.15, -0.1) is 0 Å². The van der Waals surface area contributed by atoms with Crippen LogP contribution >= 0.6 is 0 Å². The molecule has 2 amide bonds. The Bertz CT molecular complexity index is 386. The molecule has 3 aliphatic rings. The quantitative estimate of drug-likeness (QED) is 0.800. The molecule has 19 heavy (non-hydrogen) atoms. The van der Waals surface area contributed by atoms with Crippen molar-refractivity contribution in [1.29, 1.82) is 0 Å². The molecule has 0 atom stereocenters. The number of nitrogens with two attached hydrogens (primary N) is 1. The van der Waals surface area contributed by atoms with E-state index in [0.717, 1.165) is 38.5 Å². The molecule has 5 heteroatoms. The number of piperazine rings is 1. The van der Waals surface area contributed by atoms with Gasteiger partial charge in [0.1, 0.15) is 0 Å². The first-order valence-corrected chi connectivity index (χ1v) is 7.45. The van der Waals surface area contributed by atoms with Crippen molar-refractivity contribution in [3.8, 4) is 0 Å². The second kappa shape index (κ2) is 4.78. The summed E-state index contributed by atoms with van der Waals surface area (Å²) in [5, 5.41) is 0. The number of hydrogen-bond donors (Lipinski definition) is 1. The summed E-state index contributed by atoms with van der Waals surface area (Å²) in [5.74, 6) is 0.239. The van der Waals surface area contributed by atoms with Crippen LogP contribution in [0.4, 0.5) is 0 Å². The van der Waals surface area contributed by atoms with Gasteiger partial charge in [0, 0.05) is 25.7 Å². The van der Waals surface area contributed by atoms with Crippen LogP contribution in [-0.2, 0) is 9.59 Å². The molecule has 1 saturated heterocycles. The smallest absolute Gasteiger partial charge is 0.242 e. The van der Waals surface area contributed by atoms with E-state index >= 15 is 0 Å². The molecule has 106 valence electrons. The van der Waals surface area contributed by atoms with Crippen molar-refractivity contribution in [3.05, 3.63) is 0 Å². The minimum Gasteiger partial charge on any atom is -0.336 e. The van der Waals surface area contributed by atoms with Crippen LogP contribution in [0.2, 0.25) is 0 Å². The van der Waals surface area contributed by atoms with E-state index < -0.39 is 0 Å². The van der Waals surface area contributed by atoms with Crippen LogP contribution in [0.1, 0.15) is 38.5 Å². The molecule has 0 spiro atoms.